The summed E-state index contributed by atoms with van der Waals surface area (Å²) in [5, 5.41) is 3.97. The number of nitrogens with one attached hydrogen (secondary N) is 1. The number of carbonyl (C=O) groups is 5. The number of rotatable bonds is 7. The molecule has 1 rings (SSSR count). The average molecular weight is 466 g/mol. The van der Waals surface area contributed by atoms with Crippen LogP contribution in [0.4, 0.5) is 19.2 Å². The molecule has 0 aliphatic rings. The Bertz CT molecular complexity index is 856. The molecule has 0 unspecified atom stereocenters. The Morgan fingerprint density at radius 1 is 0.727 bits per heavy atom. The third-order valence-corrected chi connectivity index (χ3v) is 3.49. The van der Waals surface area contributed by atoms with Crippen LogP contribution in [0.5, 0.6) is 0 Å². The van der Waals surface area contributed by atoms with Crippen molar-refractivity contribution in [2.45, 2.75) is 27.7 Å². The summed E-state index contributed by atoms with van der Waals surface area (Å²) in [5.74, 6) is -1.81. The van der Waals surface area contributed by atoms with Crippen LogP contribution in [0.3, 0.4) is 0 Å². The van der Waals surface area contributed by atoms with Crippen LogP contribution < -0.4 is 5.43 Å². The molecular weight excluding hydrogens is 440 g/mol. The number of hydrogen-bond acceptors (Lipinski definition) is 10. The van der Waals surface area contributed by atoms with Gasteiger partial charge in [-0.25, -0.2) is 24.6 Å². The predicted octanol–water partition coefficient (Wildman–Crippen LogP) is 2.92. The monoisotopic (exact) mass is 466 g/mol. The van der Waals surface area contributed by atoms with E-state index in [4.69, 9.17) is 18.9 Å². The molecule has 1 N–H and O–H groups in total. The zero-order chi connectivity index (χ0) is 24.8. The van der Waals surface area contributed by atoms with Gasteiger partial charge in [-0.15, -0.1) is 15.1 Å². The third kappa shape index (κ3) is 7.79. The highest BCUT2D eigenvalue weighted by molar-refractivity contribution is 6.47. The molecule has 0 radical (unpaired) electrons. The molecule has 0 heterocycles. The summed E-state index contributed by atoms with van der Waals surface area (Å²) in [7, 11) is 0. The number of carbonyl (C=O) groups excluding carboxylic acids is 5. The summed E-state index contributed by atoms with van der Waals surface area (Å²) in [6.45, 7) is 5.37. The molecule has 0 aliphatic carbocycles. The highest BCUT2D eigenvalue weighted by atomic mass is 16.6. The van der Waals surface area contributed by atoms with Crippen LogP contribution >= 0.6 is 0 Å². The molecule has 1 aromatic rings. The number of imide groups is 1. The minimum atomic E-state index is -1.35. The van der Waals surface area contributed by atoms with Gasteiger partial charge in [0, 0.05) is 5.56 Å². The van der Waals surface area contributed by atoms with E-state index in [0.717, 1.165) is 0 Å². The van der Waals surface area contributed by atoms with Gasteiger partial charge in [-0.05, 0) is 27.7 Å². The summed E-state index contributed by atoms with van der Waals surface area (Å²) >= 11 is 0. The van der Waals surface area contributed by atoms with E-state index in [2.05, 4.69) is 5.10 Å². The summed E-state index contributed by atoms with van der Waals surface area (Å²) < 4.78 is 19.3. The van der Waals surface area contributed by atoms with Gasteiger partial charge < -0.3 is 18.9 Å². The maximum absolute atomic E-state index is 13.2. The number of amides is 4. The summed E-state index contributed by atoms with van der Waals surface area (Å²) in [5.41, 5.74) is 1.95. The molecule has 180 valence electrons. The summed E-state index contributed by atoms with van der Waals surface area (Å²) in [6, 6.07) is 7.49. The lowest BCUT2D eigenvalue weighted by atomic mass is 10.1. The van der Waals surface area contributed by atoms with Crippen molar-refractivity contribution in [1.29, 1.82) is 0 Å². The van der Waals surface area contributed by atoms with Crippen LogP contribution in [-0.2, 0) is 18.9 Å². The van der Waals surface area contributed by atoms with E-state index in [1.165, 1.54) is 52.0 Å². The van der Waals surface area contributed by atoms with Gasteiger partial charge in [0.2, 0.25) is 11.6 Å². The van der Waals surface area contributed by atoms with E-state index in [0.29, 0.717) is 0 Å². The number of Topliss-reactive ketones (excluding diaryl/α,β-unsaturated/α-hetero) is 1. The van der Waals surface area contributed by atoms with Crippen molar-refractivity contribution in [3.8, 4) is 0 Å². The average Bonchev–Trinajstić information content (AvgIpc) is 2.79. The van der Waals surface area contributed by atoms with E-state index >= 15 is 0 Å². The normalized spacial score (nSPS) is 10.5. The van der Waals surface area contributed by atoms with Crippen molar-refractivity contribution in [3.63, 3.8) is 0 Å². The van der Waals surface area contributed by atoms with Crippen molar-refractivity contribution in [3.05, 3.63) is 35.9 Å². The number of hydrazone groups is 1. The van der Waals surface area contributed by atoms with Crippen LogP contribution in [0.2, 0.25) is 0 Å². The van der Waals surface area contributed by atoms with Crippen LogP contribution in [0, 0.1) is 0 Å². The standard InChI is InChI=1S/C20H26N4O9/c1-5-30-17(26)22-21-16(15(25)14-12-10-9-11-13-14)23(18(27)31-6-2)24(19(28)32-7-3)20(29)33-8-4/h9-13H,5-8H2,1-4H3,(H,22,26)/b21-16+. The zero-order valence-electron chi connectivity index (χ0n) is 18.7. The molecule has 4 amide bonds. The molecule has 13 nitrogen and oxygen atoms in total. The SMILES string of the molecule is CCOC(=O)N/N=C(\C(=O)c1ccccc1)N(C(=O)OCC)N(C(=O)OCC)C(=O)OCC. The summed E-state index contributed by atoms with van der Waals surface area (Å²) in [4.78, 5) is 63.0. The number of ether oxygens (including phenoxy) is 4. The highest BCUT2D eigenvalue weighted by Gasteiger charge is 2.42. The van der Waals surface area contributed by atoms with E-state index < -0.39 is 36.0 Å². The molecule has 33 heavy (non-hydrogen) atoms. The van der Waals surface area contributed by atoms with Crippen LogP contribution in [0.25, 0.3) is 0 Å². The maximum atomic E-state index is 13.2. The number of ketones is 1. The number of amidine groups is 1. The zero-order valence-corrected chi connectivity index (χ0v) is 18.7. The molecule has 0 atom stereocenters. The molecule has 1 aromatic carbocycles. The Labute approximate surface area is 190 Å². The van der Waals surface area contributed by atoms with Gasteiger partial charge in [0.15, 0.2) is 0 Å². The first-order valence-electron chi connectivity index (χ1n) is 10.0. The van der Waals surface area contributed by atoms with Crippen LogP contribution in [0.15, 0.2) is 35.4 Å². The Hall–Kier alpha value is -4.16. The lowest BCUT2D eigenvalue weighted by Crippen LogP contribution is -2.58. The lowest BCUT2D eigenvalue weighted by molar-refractivity contribution is 0.0118. The Morgan fingerprint density at radius 2 is 1.18 bits per heavy atom. The van der Waals surface area contributed by atoms with E-state index in [-0.39, 0.29) is 42.0 Å². The molecule has 0 spiro atoms. The summed E-state index contributed by atoms with van der Waals surface area (Å²) in [6.07, 6.45) is -5.10. The minimum Gasteiger partial charge on any atom is -0.449 e. The van der Waals surface area contributed by atoms with E-state index in [1.807, 2.05) is 5.43 Å². The molecule has 13 heteroatoms. The molecule has 0 saturated carbocycles. The fourth-order valence-electron chi connectivity index (χ4n) is 2.23. The first-order chi connectivity index (χ1) is 15.8. The second-order valence-electron chi connectivity index (χ2n) is 5.68. The van der Waals surface area contributed by atoms with Crippen molar-refractivity contribution in [2.75, 3.05) is 26.4 Å². The maximum Gasteiger partial charge on any atom is 0.439 e. The number of hydrogen-bond donors (Lipinski definition) is 1. The minimum absolute atomic E-state index is 0.0112. The van der Waals surface area contributed by atoms with Gasteiger partial charge in [-0.3, -0.25) is 4.79 Å². The first-order valence-corrected chi connectivity index (χ1v) is 10.0. The van der Waals surface area contributed by atoms with Gasteiger partial charge in [-0.2, -0.15) is 0 Å². The molecule has 0 bridgehead atoms. The van der Waals surface area contributed by atoms with Crippen LogP contribution in [0.1, 0.15) is 38.1 Å². The van der Waals surface area contributed by atoms with Gasteiger partial charge in [-0.1, -0.05) is 30.3 Å². The van der Waals surface area contributed by atoms with E-state index in [1.54, 1.807) is 6.07 Å². The second kappa shape index (κ2) is 14.0. The Morgan fingerprint density at radius 3 is 1.64 bits per heavy atom. The number of hydrazine groups is 1. The molecule has 0 aliphatic heterocycles. The number of nitrogens with zero attached hydrogens (tertiary/aromatic N) is 3. The largest absolute Gasteiger partial charge is 0.449 e. The van der Waals surface area contributed by atoms with Crippen molar-refractivity contribution in [2.24, 2.45) is 5.10 Å². The Kier molecular flexibility index (Phi) is 11.4. The topological polar surface area (TPSA) is 153 Å². The lowest BCUT2D eigenvalue weighted by Gasteiger charge is -2.30. The molecule has 0 saturated heterocycles. The highest BCUT2D eigenvalue weighted by Crippen LogP contribution is 2.13. The van der Waals surface area contributed by atoms with Crippen LogP contribution in [-0.4, -0.2) is 72.4 Å². The van der Waals surface area contributed by atoms with Crippen molar-refractivity contribution < 1.29 is 42.9 Å². The quantitative estimate of drug-likeness (QED) is 0.210. The van der Waals surface area contributed by atoms with Crippen molar-refractivity contribution >= 4 is 36.0 Å². The smallest absolute Gasteiger partial charge is 0.439 e. The van der Waals surface area contributed by atoms with Gasteiger partial charge in [0.1, 0.15) is 0 Å². The fraction of sp³-hybridized carbons (Fsp3) is 0.400. The van der Waals surface area contributed by atoms with E-state index in [9.17, 15) is 24.0 Å². The molecule has 0 fully saturated rings. The Balaban J connectivity index is 3.68. The first kappa shape index (κ1) is 26.9. The third-order valence-electron chi connectivity index (χ3n) is 3.49. The van der Waals surface area contributed by atoms with Gasteiger partial charge in [0.25, 0.3) is 0 Å². The van der Waals surface area contributed by atoms with Gasteiger partial charge in [0.05, 0.1) is 26.4 Å². The van der Waals surface area contributed by atoms with Gasteiger partial charge >= 0.3 is 24.4 Å². The van der Waals surface area contributed by atoms with Crippen molar-refractivity contribution in [1.82, 2.24) is 15.4 Å². The predicted molar refractivity (Wildman–Crippen MR) is 113 cm³/mol. The second-order valence-corrected chi connectivity index (χ2v) is 5.68. The molecular formula is C20H26N4O9. The number of benzene rings is 1. The fourth-order valence-corrected chi connectivity index (χ4v) is 2.23. The molecule has 0 aromatic heterocycles.